The van der Waals surface area contributed by atoms with Gasteiger partial charge < -0.3 is 10.0 Å². The molecule has 0 aliphatic heterocycles. The van der Waals surface area contributed by atoms with Crippen LogP contribution in [0.15, 0.2) is 0 Å². The smallest absolute Gasteiger partial charge is 0.187 e. The summed E-state index contributed by atoms with van der Waals surface area (Å²) < 4.78 is 0. The zero-order valence-corrected chi connectivity index (χ0v) is 11.0. The molecule has 1 aliphatic rings. The van der Waals surface area contributed by atoms with Crippen LogP contribution >= 0.6 is 22.9 Å². The summed E-state index contributed by atoms with van der Waals surface area (Å²) in [6.45, 7) is 3.23. The van der Waals surface area contributed by atoms with E-state index < -0.39 is 0 Å². The standard InChI is InChI=1S/C11H17ClN2OS/c1-2-3-6-14(8-4-5-8)11-13-10(12)9(7-15)16-11/h8,15H,2-7H2,1H3. The lowest BCUT2D eigenvalue weighted by molar-refractivity contribution is 0.285. The molecular formula is C11H17ClN2OS. The molecule has 0 saturated heterocycles. The van der Waals surface area contributed by atoms with Gasteiger partial charge in [0.05, 0.1) is 11.5 Å². The van der Waals surface area contributed by atoms with Crippen LogP contribution < -0.4 is 4.90 Å². The number of hydrogen-bond acceptors (Lipinski definition) is 4. The van der Waals surface area contributed by atoms with Crippen LogP contribution in [0.3, 0.4) is 0 Å². The Labute approximate surface area is 105 Å². The molecule has 3 nitrogen and oxygen atoms in total. The molecule has 0 spiro atoms. The fourth-order valence-electron chi connectivity index (χ4n) is 1.69. The van der Waals surface area contributed by atoms with E-state index in [1.807, 2.05) is 0 Å². The third kappa shape index (κ3) is 2.67. The summed E-state index contributed by atoms with van der Waals surface area (Å²) >= 11 is 7.48. The fraction of sp³-hybridized carbons (Fsp3) is 0.727. The Morgan fingerprint density at radius 1 is 1.56 bits per heavy atom. The predicted molar refractivity (Wildman–Crippen MR) is 68.3 cm³/mol. The van der Waals surface area contributed by atoms with Gasteiger partial charge >= 0.3 is 0 Å². The second kappa shape index (κ2) is 5.34. The zero-order valence-electron chi connectivity index (χ0n) is 9.45. The van der Waals surface area contributed by atoms with E-state index in [0.29, 0.717) is 11.2 Å². The summed E-state index contributed by atoms with van der Waals surface area (Å²) in [7, 11) is 0. The molecule has 1 N–H and O–H groups in total. The first-order chi connectivity index (χ1) is 7.76. The van der Waals surface area contributed by atoms with Crippen molar-refractivity contribution in [1.82, 2.24) is 4.98 Å². The summed E-state index contributed by atoms with van der Waals surface area (Å²) in [6, 6.07) is 0.653. The highest BCUT2D eigenvalue weighted by Gasteiger charge is 2.31. The van der Waals surface area contributed by atoms with Crippen LogP contribution in [0, 0.1) is 0 Å². The minimum atomic E-state index is -0.0111. The second-order valence-corrected chi connectivity index (χ2v) is 5.57. The van der Waals surface area contributed by atoms with Crippen molar-refractivity contribution in [2.24, 2.45) is 0 Å². The van der Waals surface area contributed by atoms with E-state index in [0.717, 1.165) is 16.6 Å². The molecule has 0 amide bonds. The molecular weight excluding hydrogens is 244 g/mol. The van der Waals surface area contributed by atoms with E-state index in [-0.39, 0.29) is 6.61 Å². The highest BCUT2D eigenvalue weighted by molar-refractivity contribution is 7.16. The minimum Gasteiger partial charge on any atom is -0.391 e. The van der Waals surface area contributed by atoms with Crippen molar-refractivity contribution in [2.75, 3.05) is 11.4 Å². The van der Waals surface area contributed by atoms with Crippen LogP contribution in [0.25, 0.3) is 0 Å². The van der Waals surface area contributed by atoms with Crippen molar-refractivity contribution >= 4 is 28.1 Å². The van der Waals surface area contributed by atoms with Gasteiger partial charge in [-0.2, -0.15) is 0 Å². The van der Waals surface area contributed by atoms with Gasteiger partial charge in [0.1, 0.15) is 5.15 Å². The van der Waals surface area contributed by atoms with Gasteiger partial charge in [0.15, 0.2) is 5.13 Å². The summed E-state index contributed by atoms with van der Waals surface area (Å²) in [5.74, 6) is 0. The Bertz CT molecular complexity index is 352. The van der Waals surface area contributed by atoms with Crippen LogP contribution in [0.2, 0.25) is 5.15 Å². The van der Waals surface area contributed by atoms with Crippen LogP contribution in [0.1, 0.15) is 37.5 Å². The molecule has 16 heavy (non-hydrogen) atoms. The number of halogens is 1. The Morgan fingerprint density at radius 2 is 2.31 bits per heavy atom. The highest BCUT2D eigenvalue weighted by Crippen LogP contribution is 2.36. The predicted octanol–water partition coefficient (Wildman–Crippen LogP) is 3.06. The molecule has 1 aromatic rings. The topological polar surface area (TPSA) is 36.4 Å². The van der Waals surface area contributed by atoms with E-state index in [9.17, 15) is 0 Å². The molecule has 90 valence electrons. The summed E-state index contributed by atoms with van der Waals surface area (Å²) in [4.78, 5) is 7.47. The number of aromatic nitrogens is 1. The van der Waals surface area contributed by atoms with Crippen LogP contribution in [0.5, 0.6) is 0 Å². The highest BCUT2D eigenvalue weighted by atomic mass is 35.5. The SMILES string of the molecule is CCCCN(c1nc(Cl)c(CO)s1)C1CC1. The fourth-order valence-corrected chi connectivity index (χ4v) is 2.91. The number of rotatable bonds is 6. The molecule has 1 fully saturated rings. The van der Waals surface area contributed by atoms with Gasteiger partial charge in [-0.15, -0.1) is 0 Å². The zero-order chi connectivity index (χ0) is 11.5. The van der Waals surface area contributed by atoms with Gasteiger partial charge in [-0.1, -0.05) is 36.3 Å². The van der Waals surface area contributed by atoms with Gasteiger partial charge in [-0.3, -0.25) is 0 Å². The number of aliphatic hydroxyl groups is 1. The van der Waals surface area contributed by atoms with Crippen LogP contribution in [-0.4, -0.2) is 22.7 Å². The Kier molecular flexibility index (Phi) is 4.05. The molecule has 1 aromatic heterocycles. The van der Waals surface area contributed by atoms with Crippen molar-refractivity contribution in [1.29, 1.82) is 0 Å². The molecule has 0 unspecified atom stereocenters. The maximum atomic E-state index is 9.11. The van der Waals surface area contributed by atoms with Gasteiger partial charge in [-0.25, -0.2) is 4.98 Å². The van der Waals surface area contributed by atoms with E-state index in [2.05, 4.69) is 16.8 Å². The summed E-state index contributed by atoms with van der Waals surface area (Å²) in [6.07, 6.45) is 4.89. The number of thiazole rings is 1. The third-order valence-corrected chi connectivity index (χ3v) is 4.27. The monoisotopic (exact) mass is 260 g/mol. The quantitative estimate of drug-likeness (QED) is 0.854. The van der Waals surface area contributed by atoms with Crippen molar-refractivity contribution in [2.45, 2.75) is 45.3 Å². The maximum Gasteiger partial charge on any atom is 0.187 e. The average molecular weight is 261 g/mol. The van der Waals surface area contributed by atoms with Crippen molar-refractivity contribution in [3.63, 3.8) is 0 Å². The Balaban J connectivity index is 2.11. The molecule has 0 radical (unpaired) electrons. The molecule has 1 heterocycles. The van der Waals surface area contributed by atoms with Crippen molar-refractivity contribution in [3.05, 3.63) is 10.0 Å². The molecule has 1 aliphatic carbocycles. The molecule has 0 atom stereocenters. The van der Waals surface area contributed by atoms with Gasteiger partial charge in [0.25, 0.3) is 0 Å². The largest absolute Gasteiger partial charge is 0.391 e. The van der Waals surface area contributed by atoms with Gasteiger partial charge in [-0.05, 0) is 19.3 Å². The van der Waals surface area contributed by atoms with Crippen molar-refractivity contribution in [3.8, 4) is 0 Å². The Hall–Kier alpha value is -0.320. The van der Waals surface area contributed by atoms with Crippen LogP contribution in [-0.2, 0) is 6.61 Å². The van der Waals surface area contributed by atoms with E-state index in [1.54, 1.807) is 0 Å². The lowest BCUT2D eigenvalue weighted by Gasteiger charge is -2.20. The third-order valence-electron chi connectivity index (χ3n) is 2.77. The molecule has 0 bridgehead atoms. The number of nitrogens with zero attached hydrogens (tertiary/aromatic N) is 2. The molecule has 5 heteroatoms. The van der Waals surface area contributed by atoms with Crippen LogP contribution in [0.4, 0.5) is 5.13 Å². The van der Waals surface area contributed by atoms with Crippen molar-refractivity contribution < 1.29 is 5.11 Å². The lowest BCUT2D eigenvalue weighted by Crippen LogP contribution is -2.26. The first-order valence-corrected chi connectivity index (χ1v) is 6.98. The number of anilines is 1. The number of unbranched alkanes of at least 4 members (excludes halogenated alkanes) is 1. The maximum absolute atomic E-state index is 9.11. The second-order valence-electron chi connectivity index (χ2n) is 4.15. The molecule has 0 aromatic carbocycles. The summed E-state index contributed by atoms with van der Waals surface area (Å²) in [5.41, 5.74) is 0. The van der Waals surface area contributed by atoms with Gasteiger partial charge in [0.2, 0.25) is 0 Å². The summed E-state index contributed by atoms with van der Waals surface area (Å²) in [5, 5.41) is 10.6. The average Bonchev–Trinajstić information content (AvgIpc) is 3.03. The van der Waals surface area contributed by atoms with Gasteiger partial charge in [0, 0.05) is 12.6 Å². The minimum absolute atomic E-state index is 0.0111. The molecule has 1 saturated carbocycles. The van der Waals surface area contributed by atoms with E-state index in [1.165, 1.54) is 37.0 Å². The number of aliphatic hydroxyl groups excluding tert-OH is 1. The number of hydrogen-bond donors (Lipinski definition) is 1. The lowest BCUT2D eigenvalue weighted by atomic mass is 10.3. The first kappa shape index (κ1) is 12.1. The first-order valence-electron chi connectivity index (χ1n) is 5.79. The normalized spacial score (nSPS) is 15.4. The Morgan fingerprint density at radius 3 is 2.81 bits per heavy atom. The van der Waals surface area contributed by atoms with E-state index in [4.69, 9.17) is 16.7 Å². The van der Waals surface area contributed by atoms with E-state index >= 15 is 0 Å². The molecule has 2 rings (SSSR count).